The molecule has 224 valence electrons. The molecule has 0 saturated heterocycles. The maximum absolute atomic E-state index is 14.2. The molecule has 4 amide bonds. The average Bonchev–Trinajstić information content (AvgIpc) is 2.88. The van der Waals surface area contributed by atoms with Gasteiger partial charge in [-0.2, -0.15) is 0 Å². The van der Waals surface area contributed by atoms with Crippen LogP contribution < -0.4 is 16.4 Å². The van der Waals surface area contributed by atoms with Crippen LogP contribution in [-0.2, 0) is 19.1 Å². The van der Waals surface area contributed by atoms with Crippen LogP contribution in [-0.4, -0.2) is 52.0 Å². The molecule has 0 saturated carbocycles. The zero-order valence-corrected chi connectivity index (χ0v) is 24.7. The highest BCUT2D eigenvalue weighted by Gasteiger charge is 2.36. The lowest BCUT2D eigenvalue weighted by Crippen LogP contribution is -2.52. The number of phenols is 1. The molecule has 0 bridgehead atoms. The molecule has 0 spiro atoms. The van der Waals surface area contributed by atoms with E-state index in [0.717, 1.165) is 24.8 Å². The van der Waals surface area contributed by atoms with Gasteiger partial charge in [-0.3, -0.25) is 14.4 Å². The first-order valence-electron chi connectivity index (χ1n) is 14.1. The first-order chi connectivity index (χ1) is 19.3. The molecule has 10 nitrogen and oxygen atoms in total. The summed E-state index contributed by atoms with van der Waals surface area (Å²) in [7, 11) is 0. The number of carbonyl (C=O) groups is 4. The second-order valence-corrected chi connectivity index (χ2v) is 11.1. The summed E-state index contributed by atoms with van der Waals surface area (Å²) in [6, 6.07) is 11.1. The summed E-state index contributed by atoms with van der Waals surface area (Å²) in [5.74, 6) is -1.75. The second-order valence-electron chi connectivity index (χ2n) is 11.1. The summed E-state index contributed by atoms with van der Waals surface area (Å²) in [5, 5.41) is 15.8. The molecule has 2 rings (SSSR count). The van der Waals surface area contributed by atoms with Gasteiger partial charge < -0.3 is 31.1 Å². The van der Waals surface area contributed by atoms with Gasteiger partial charge in [-0.15, -0.1) is 0 Å². The van der Waals surface area contributed by atoms with Crippen molar-refractivity contribution in [1.82, 2.24) is 10.2 Å². The summed E-state index contributed by atoms with van der Waals surface area (Å²) >= 11 is 0. The number of ether oxygens (including phenoxy) is 1. The Morgan fingerprint density at radius 2 is 1.73 bits per heavy atom. The van der Waals surface area contributed by atoms with Crippen LogP contribution in [0.1, 0.15) is 83.4 Å². The standard InChI is InChI=1S/C31H44N4O6/c1-6-7-8-11-19-35(29(39)25(17-18-26(32)37)34-30(40)41-31(3,4)5)27(22-14-12-15-23(36)20-22)28(38)33-24-16-10-9-13-21(24)2/h9-10,12-16,20,25,27,36H,6-8,11,17-19H2,1-5H3,(H2,32,37)(H,33,38)(H,34,40). The van der Waals surface area contributed by atoms with Gasteiger partial charge in [0, 0.05) is 18.7 Å². The quantitative estimate of drug-likeness (QED) is 0.237. The van der Waals surface area contributed by atoms with Crippen molar-refractivity contribution < 1.29 is 29.0 Å². The molecule has 0 aromatic heterocycles. The van der Waals surface area contributed by atoms with Crippen molar-refractivity contribution in [3.8, 4) is 5.75 Å². The van der Waals surface area contributed by atoms with Crippen molar-refractivity contribution in [2.45, 2.75) is 90.8 Å². The molecule has 2 unspecified atom stereocenters. The molecule has 0 aliphatic heterocycles. The summed E-state index contributed by atoms with van der Waals surface area (Å²) in [6.45, 7) is 9.21. The first-order valence-corrected chi connectivity index (χ1v) is 14.1. The number of nitrogens with two attached hydrogens (primary N) is 1. The molecule has 2 aromatic rings. The number of aromatic hydroxyl groups is 1. The molecule has 0 radical (unpaired) electrons. The molecular weight excluding hydrogens is 524 g/mol. The Hall–Kier alpha value is -4.08. The average molecular weight is 569 g/mol. The summed E-state index contributed by atoms with van der Waals surface area (Å²) < 4.78 is 5.37. The Kier molecular flexibility index (Phi) is 12.6. The number of amides is 4. The molecule has 0 aliphatic carbocycles. The van der Waals surface area contributed by atoms with Crippen molar-refractivity contribution >= 4 is 29.5 Å². The van der Waals surface area contributed by atoms with Gasteiger partial charge in [0.2, 0.25) is 11.8 Å². The van der Waals surface area contributed by atoms with E-state index in [1.807, 2.05) is 19.1 Å². The van der Waals surface area contributed by atoms with E-state index in [4.69, 9.17) is 10.5 Å². The van der Waals surface area contributed by atoms with Crippen LogP contribution in [0.3, 0.4) is 0 Å². The maximum Gasteiger partial charge on any atom is 0.408 e. The van der Waals surface area contributed by atoms with E-state index < -0.39 is 41.5 Å². The minimum Gasteiger partial charge on any atom is -0.508 e. The number of benzene rings is 2. The van der Waals surface area contributed by atoms with E-state index in [-0.39, 0.29) is 25.1 Å². The third-order valence-electron chi connectivity index (χ3n) is 6.35. The van der Waals surface area contributed by atoms with E-state index in [9.17, 15) is 24.3 Å². The topological polar surface area (TPSA) is 151 Å². The Bertz CT molecular complexity index is 1190. The van der Waals surface area contributed by atoms with Crippen LogP contribution in [0.25, 0.3) is 0 Å². The molecule has 41 heavy (non-hydrogen) atoms. The summed E-state index contributed by atoms with van der Waals surface area (Å²) in [4.78, 5) is 53.9. The highest BCUT2D eigenvalue weighted by atomic mass is 16.6. The second kappa shape index (κ2) is 15.6. The predicted molar refractivity (Wildman–Crippen MR) is 158 cm³/mol. The number of unbranched alkanes of at least 4 members (excludes halogenated alkanes) is 3. The monoisotopic (exact) mass is 568 g/mol. The number of hydrogen-bond acceptors (Lipinski definition) is 6. The Labute approximate surface area is 242 Å². The Morgan fingerprint density at radius 1 is 1.02 bits per heavy atom. The van der Waals surface area contributed by atoms with Crippen LogP contribution in [0.15, 0.2) is 48.5 Å². The number of carbonyl (C=O) groups excluding carboxylic acids is 4. The van der Waals surface area contributed by atoms with Crippen molar-refractivity contribution in [1.29, 1.82) is 0 Å². The van der Waals surface area contributed by atoms with Gasteiger partial charge in [0.15, 0.2) is 0 Å². The van der Waals surface area contributed by atoms with Crippen LogP contribution in [0, 0.1) is 6.92 Å². The van der Waals surface area contributed by atoms with Gasteiger partial charge in [0.1, 0.15) is 23.4 Å². The van der Waals surface area contributed by atoms with E-state index in [0.29, 0.717) is 17.7 Å². The number of rotatable bonds is 14. The third kappa shape index (κ3) is 11.1. The fourth-order valence-corrected chi connectivity index (χ4v) is 4.35. The summed E-state index contributed by atoms with van der Waals surface area (Å²) in [6.07, 6.45) is 2.26. The number of alkyl carbamates (subject to hydrolysis) is 1. The van der Waals surface area contributed by atoms with Crippen molar-refractivity contribution in [3.63, 3.8) is 0 Å². The van der Waals surface area contributed by atoms with E-state index >= 15 is 0 Å². The Balaban J connectivity index is 2.55. The van der Waals surface area contributed by atoms with Gasteiger partial charge in [0.25, 0.3) is 5.91 Å². The van der Waals surface area contributed by atoms with Crippen molar-refractivity contribution in [2.75, 3.05) is 11.9 Å². The summed E-state index contributed by atoms with van der Waals surface area (Å²) in [5.41, 5.74) is 6.37. The largest absolute Gasteiger partial charge is 0.508 e. The number of anilines is 1. The van der Waals surface area contributed by atoms with E-state index in [2.05, 4.69) is 17.6 Å². The lowest BCUT2D eigenvalue weighted by molar-refractivity contribution is -0.141. The van der Waals surface area contributed by atoms with Crippen LogP contribution >= 0.6 is 0 Å². The lowest BCUT2D eigenvalue weighted by atomic mass is 10.00. The molecule has 0 aliphatic rings. The molecule has 2 atom stereocenters. The number of nitrogens with zero attached hydrogens (tertiary/aromatic N) is 1. The van der Waals surface area contributed by atoms with Crippen LogP contribution in [0.5, 0.6) is 5.75 Å². The zero-order valence-electron chi connectivity index (χ0n) is 24.7. The van der Waals surface area contributed by atoms with E-state index in [1.165, 1.54) is 17.0 Å². The fourth-order valence-electron chi connectivity index (χ4n) is 4.35. The maximum atomic E-state index is 14.2. The SMILES string of the molecule is CCCCCCN(C(=O)C(CCC(N)=O)NC(=O)OC(C)(C)C)C(C(=O)Nc1ccccc1C)c1cccc(O)c1. The lowest BCUT2D eigenvalue weighted by Gasteiger charge is -2.34. The van der Waals surface area contributed by atoms with Crippen LogP contribution in [0.4, 0.5) is 10.5 Å². The van der Waals surface area contributed by atoms with Gasteiger partial charge in [0.05, 0.1) is 0 Å². The number of aryl methyl sites for hydroxylation is 1. The minimum atomic E-state index is -1.19. The van der Waals surface area contributed by atoms with Gasteiger partial charge >= 0.3 is 6.09 Å². The number of hydrogen-bond donors (Lipinski definition) is 4. The fraction of sp³-hybridized carbons (Fsp3) is 0.484. The number of phenolic OH excluding ortho intramolecular Hbond substituents is 1. The molecule has 2 aromatic carbocycles. The number of nitrogens with one attached hydrogen (secondary N) is 2. The molecule has 10 heteroatoms. The third-order valence-corrected chi connectivity index (χ3v) is 6.35. The minimum absolute atomic E-state index is 0.0632. The normalized spacial score (nSPS) is 12.6. The first kappa shape index (κ1) is 33.1. The van der Waals surface area contributed by atoms with Gasteiger partial charge in [-0.1, -0.05) is 56.5 Å². The van der Waals surface area contributed by atoms with Gasteiger partial charge in [-0.05, 0) is 69.9 Å². The molecule has 0 heterocycles. The van der Waals surface area contributed by atoms with Gasteiger partial charge in [-0.25, -0.2) is 4.79 Å². The zero-order chi connectivity index (χ0) is 30.6. The Morgan fingerprint density at radius 3 is 2.34 bits per heavy atom. The predicted octanol–water partition coefficient (Wildman–Crippen LogP) is 4.95. The molecule has 5 N–H and O–H groups in total. The van der Waals surface area contributed by atoms with E-state index in [1.54, 1.807) is 45.0 Å². The highest BCUT2D eigenvalue weighted by Crippen LogP contribution is 2.28. The highest BCUT2D eigenvalue weighted by molar-refractivity contribution is 5.99. The number of primary amides is 1. The smallest absolute Gasteiger partial charge is 0.408 e. The molecular formula is C31H44N4O6. The van der Waals surface area contributed by atoms with Crippen molar-refractivity contribution in [3.05, 3.63) is 59.7 Å². The number of para-hydroxylation sites is 1. The molecule has 0 fully saturated rings. The van der Waals surface area contributed by atoms with Crippen molar-refractivity contribution in [2.24, 2.45) is 5.73 Å². The van der Waals surface area contributed by atoms with Crippen LogP contribution in [0.2, 0.25) is 0 Å².